The molecule has 0 amide bonds. The Kier molecular flexibility index (Phi) is 3.50. The average molecular weight is 247 g/mol. The summed E-state index contributed by atoms with van der Waals surface area (Å²) in [5.41, 5.74) is 0.967. The van der Waals surface area contributed by atoms with E-state index in [4.69, 9.17) is 0 Å². The van der Waals surface area contributed by atoms with E-state index < -0.39 is 11.1 Å². The maximum Gasteiger partial charge on any atom is 0.314 e. The number of anilines is 1. The third-order valence-corrected chi connectivity index (χ3v) is 3.08. The molecule has 5 heteroatoms. The number of hydrogen-bond donors (Lipinski definition) is 3. The average Bonchev–Trinajstić information content (AvgIpc) is 2.37. The first-order chi connectivity index (χ1) is 8.63. The van der Waals surface area contributed by atoms with Crippen molar-refractivity contribution in [3.63, 3.8) is 0 Å². The highest BCUT2D eigenvalue weighted by Gasteiger charge is 2.05. The van der Waals surface area contributed by atoms with Crippen molar-refractivity contribution in [1.29, 1.82) is 0 Å². The minimum Gasteiger partial charge on any atom is -0.382 e. The van der Waals surface area contributed by atoms with Crippen LogP contribution in [-0.2, 0) is 0 Å². The van der Waals surface area contributed by atoms with Crippen LogP contribution in [0.4, 0.5) is 5.69 Å². The number of nitrogens with one attached hydrogen (secondary N) is 3. The number of benzene rings is 1. The predicted molar refractivity (Wildman–Crippen MR) is 73.2 cm³/mol. The zero-order valence-corrected chi connectivity index (χ0v) is 10.5. The first kappa shape index (κ1) is 12.4. The van der Waals surface area contributed by atoms with Crippen molar-refractivity contribution in [3.05, 3.63) is 38.9 Å². The molecule has 1 aromatic heterocycles. The third-order valence-electron chi connectivity index (χ3n) is 3.08. The van der Waals surface area contributed by atoms with Gasteiger partial charge in [-0.05, 0) is 31.0 Å². The number of aromatic nitrogens is 2. The van der Waals surface area contributed by atoms with Crippen LogP contribution >= 0.6 is 0 Å². The Hall–Kier alpha value is -2.04. The van der Waals surface area contributed by atoms with Crippen molar-refractivity contribution in [2.45, 2.75) is 32.7 Å². The van der Waals surface area contributed by atoms with Crippen LogP contribution in [0.25, 0.3) is 11.0 Å². The molecule has 0 spiro atoms. The lowest BCUT2D eigenvalue weighted by atomic mass is 10.1. The van der Waals surface area contributed by atoms with Gasteiger partial charge in [0, 0.05) is 11.7 Å². The summed E-state index contributed by atoms with van der Waals surface area (Å²) >= 11 is 0. The van der Waals surface area contributed by atoms with Crippen molar-refractivity contribution in [1.82, 2.24) is 9.97 Å². The highest BCUT2D eigenvalue weighted by Crippen LogP contribution is 2.16. The van der Waals surface area contributed by atoms with E-state index in [1.54, 1.807) is 6.07 Å². The second kappa shape index (κ2) is 5.08. The molecule has 0 saturated heterocycles. The molecule has 2 rings (SSSR count). The van der Waals surface area contributed by atoms with Crippen molar-refractivity contribution >= 4 is 16.7 Å². The van der Waals surface area contributed by atoms with E-state index in [2.05, 4.69) is 29.1 Å². The number of fused-ring (bicyclic) bond motifs is 1. The Bertz CT molecular complexity index is 653. The van der Waals surface area contributed by atoms with E-state index in [0.29, 0.717) is 17.1 Å². The molecule has 2 aromatic rings. The molecule has 0 aliphatic heterocycles. The molecule has 0 saturated carbocycles. The first-order valence-electron chi connectivity index (χ1n) is 6.17. The summed E-state index contributed by atoms with van der Waals surface area (Å²) in [6, 6.07) is 5.94. The van der Waals surface area contributed by atoms with Crippen LogP contribution in [-0.4, -0.2) is 16.0 Å². The monoisotopic (exact) mass is 247 g/mol. The molecule has 1 aromatic carbocycles. The Balaban J connectivity index is 2.41. The minimum atomic E-state index is -0.623. The van der Waals surface area contributed by atoms with E-state index in [9.17, 15) is 9.59 Å². The second-order valence-electron chi connectivity index (χ2n) is 4.33. The van der Waals surface area contributed by atoms with Crippen LogP contribution in [0.5, 0.6) is 0 Å². The van der Waals surface area contributed by atoms with Crippen molar-refractivity contribution < 1.29 is 0 Å². The molecule has 3 N–H and O–H groups in total. The number of aromatic amines is 2. The number of H-pyrrole nitrogens is 2. The molecule has 0 aliphatic rings. The molecule has 5 nitrogen and oxygen atoms in total. The predicted octanol–water partition coefficient (Wildman–Crippen LogP) is 1.82. The Morgan fingerprint density at radius 1 is 1.06 bits per heavy atom. The molecular formula is C13H17N3O2. The summed E-state index contributed by atoms with van der Waals surface area (Å²) < 4.78 is 0. The van der Waals surface area contributed by atoms with E-state index >= 15 is 0 Å². The molecular weight excluding hydrogens is 230 g/mol. The number of hydrogen-bond acceptors (Lipinski definition) is 3. The third kappa shape index (κ3) is 2.45. The van der Waals surface area contributed by atoms with E-state index in [0.717, 1.165) is 18.5 Å². The van der Waals surface area contributed by atoms with Gasteiger partial charge >= 0.3 is 11.1 Å². The van der Waals surface area contributed by atoms with Crippen LogP contribution in [0.3, 0.4) is 0 Å². The van der Waals surface area contributed by atoms with E-state index in [-0.39, 0.29) is 0 Å². The Labute approximate surface area is 104 Å². The fourth-order valence-corrected chi connectivity index (χ4v) is 1.93. The zero-order valence-electron chi connectivity index (χ0n) is 10.5. The highest BCUT2D eigenvalue weighted by atomic mass is 16.2. The smallest absolute Gasteiger partial charge is 0.314 e. The van der Waals surface area contributed by atoms with Crippen LogP contribution in [0.15, 0.2) is 27.8 Å². The molecule has 18 heavy (non-hydrogen) atoms. The summed E-state index contributed by atoms with van der Waals surface area (Å²) in [6.07, 6.45) is 2.08. The van der Waals surface area contributed by atoms with Gasteiger partial charge in [0.15, 0.2) is 0 Å². The van der Waals surface area contributed by atoms with Gasteiger partial charge in [0.05, 0.1) is 11.0 Å². The van der Waals surface area contributed by atoms with Gasteiger partial charge in [0.1, 0.15) is 0 Å². The normalized spacial score (nSPS) is 11.1. The summed E-state index contributed by atoms with van der Waals surface area (Å²) in [7, 11) is 0. The summed E-state index contributed by atoms with van der Waals surface area (Å²) in [4.78, 5) is 27.5. The lowest BCUT2D eigenvalue weighted by Crippen LogP contribution is -2.28. The van der Waals surface area contributed by atoms with Gasteiger partial charge in [0.2, 0.25) is 0 Å². The summed E-state index contributed by atoms with van der Waals surface area (Å²) in [6.45, 7) is 4.25. The lowest BCUT2D eigenvalue weighted by molar-refractivity contribution is 0.672. The fraction of sp³-hybridized carbons (Fsp3) is 0.385. The molecule has 0 radical (unpaired) electrons. The van der Waals surface area contributed by atoms with Crippen LogP contribution in [0, 0.1) is 0 Å². The fourth-order valence-electron chi connectivity index (χ4n) is 1.93. The van der Waals surface area contributed by atoms with Gasteiger partial charge in [-0.25, -0.2) is 0 Å². The topological polar surface area (TPSA) is 77.8 Å². The SMILES string of the molecule is CCC(CC)Nc1ccc2[nH]c(=O)c(=O)[nH]c2c1. The molecule has 0 bridgehead atoms. The highest BCUT2D eigenvalue weighted by molar-refractivity contribution is 5.78. The quantitative estimate of drug-likeness (QED) is 0.721. The second-order valence-corrected chi connectivity index (χ2v) is 4.33. The van der Waals surface area contributed by atoms with Crippen molar-refractivity contribution in [3.8, 4) is 0 Å². The largest absolute Gasteiger partial charge is 0.382 e. The van der Waals surface area contributed by atoms with Crippen molar-refractivity contribution in [2.24, 2.45) is 0 Å². The summed E-state index contributed by atoms with van der Waals surface area (Å²) in [5.74, 6) is 0. The molecule has 0 aliphatic carbocycles. The maximum absolute atomic E-state index is 11.3. The van der Waals surface area contributed by atoms with Gasteiger partial charge in [-0.3, -0.25) is 9.59 Å². The molecule has 0 unspecified atom stereocenters. The molecule has 96 valence electrons. The van der Waals surface area contributed by atoms with E-state index in [1.807, 2.05) is 12.1 Å². The lowest BCUT2D eigenvalue weighted by Gasteiger charge is -2.16. The van der Waals surface area contributed by atoms with Gasteiger partial charge in [-0.2, -0.15) is 0 Å². The van der Waals surface area contributed by atoms with Crippen LogP contribution in [0.1, 0.15) is 26.7 Å². The van der Waals surface area contributed by atoms with Crippen molar-refractivity contribution in [2.75, 3.05) is 5.32 Å². The maximum atomic E-state index is 11.3. The standard InChI is InChI=1S/C13H17N3O2/c1-3-8(4-2)14-9-5-6-10-11(7-9)16-13(18)12(17)15-10/h5-8,14H,3-4H2,1-2H3,(H,15,17)(H,16,18). The van der Waals surface area contributed by atoms with Gasteiger partial charge in [-0.1, -0.05) is 13.8 Å². The Morgan fingerprint density at radius 2 is 1.67 bits per heavy atom. The van der Waals surface area contributed by atoms with Gasteiger partial charge < -0.3 is 15.3 Å². The van der Waals surface area contributed by atoms with Crippen LogP contribution < -0.4 is 16.4 Å². The molecule has 0 fully saturated rings. The van der Waals surface area contributed by atoms with Gasteiger partial charge in [0.25, 0.3) is 0 Å². The first-order valence-corrected chi connectivity index (χ1v) is 6.17. The molecule has 1 heterocycles. The number of rotatable bonds is 4. The van der Waals surface area contributed by atoms with E-state index in [1.165, 1.54) is 0 Å². The molecule has 0 atom stereocenters. The minimum absolute atomic E-state index is 0.414. The summed E-state index contributed by atoms with van der Waals surface area (Å²) in [5, 5.41) is 3.39. The Morgan fingerprint density at radius 3 is 2.28 bits per heavy atom. The zero-order chi connectivity index (χ0) is 13.1. The van der Waals surface area contributed by atoms with Gasteiger partial charge in [-0.15, -0.1) is 0 Å². The van der Waals surface area contributed by atoms with Crippen LogP contribution in [0.2, 0.25) is 0 Å².